The third-order valence-corrected chi connectivity index (χ3v) is 4.47. The van der Waals surface area contributed by atoms with Gasteiger partial charge in [0.25, 0.3) is 6.54 Å². The van der Waals surface area contributed by atoms with E-state index in [1.807, 2.05) is 6.07 Å². The Morgan fingerprint density at radius 2 is 2.29 bits per heavy atom. The van der Waals surface area contributed by atoms with Crippen LogP contribution in [-0.4, -0.2) is 39.8 Å². The van der Waals surface area contributed by atoms with Gasteiger partial charge in [0, 0.05) is 23.7 Å². The van der Waals surface area contributed by atoms with Crippen molar-refractivity contribution in [3.63, 3.8) is 0 Å². The first kappa shape index (κ1) is 14.3. The Morgan fingerprint density at radius 3 is 3.00 bits per heavy atom. The van der Waals surface area contributed by atoms with Crippen molar-refractivity contribution in [2.24, 2.45) is 10.9 Å². The minimum atomic E-state index is -0.309. The van der Waals surface area contributed by atoms with Crippen LogP contribution in [0.3, 0.4) is 0 Å². The van der Waals surface area contributed by atoms with Crippen molar-refractivity contribution in [2.45, 2.75) is 31.8 Å². The van der Waals surface area contributed by atoms with E-state index in [0.29, 0.717) is 29.4 Å². The number of pyridine rings is 1. The summed E-state index contributed by atoms with van der Waals surface area (Å²) >= 11 is 5.85. The lowest BCUT2D eigenvalue weighted by Gasteiger charge is -2.37. The standard InChI is InChI=1S/C14H17ClN4O2/c15-11-4-5-12(16-7-11)8-18-13-3-1-2-10(13)6-17-14(18)9-19(20)21/h4-5,7,10,13H,1-3,6,8-9H2. The number of halogens is 1. The van der Waals surface area contributed by atoms with Gasteiger partial charge < -0.3 is 4.90 Å². The van der Waals surface area contributed by atoms with Gasteiger partial charge in [-0.25, -0.2) is 0 Å². The van der Waals surface area contributed by atoms with Crippen LogP contribution in [-0.2, 0) is 6.54 Å². The van der Waals surface area contributed by atoms with Crippen molar-refractivity contribution in [1.82, 2.24) is 9.88 Å². The summed E-state index contributed by atoms with van der Waals surface area (Å²) in [4.78, 5) is 21.4. The van der Waals surface area contributed by atoms with E-state index in [-0.39, 0.29) is 11.5 Å². The van der Waals surface area contributed by atoms with E-state index in [0.717, 1.165) is 25.1 Å². The molecule has 0 aromatic carbocycles. The molecule has 0 N–H and O–H groups in total. The van der Waals surface area contributed by atoms with Crippen molar-refractivity contribution in [2.75, 3.05) is 13.1 Å². The molecule has 2 atom stereocenters. The predicted molar refractivity (Wildman–Crippen MR) is 80.1 cm³/mol. The molecule has 0 bridgehead atoms. The fourth-order valence-electron chi connectivity index (χ4n) is 3.28. The summed E-state index contributed by atoms with van der Waals surface area (Å²) in [5, 5.41) is 11.5. The van der Waals surface area contributed by atoms with Crippen molar-refractivity contribution in [1.29, 1.82) is 0 Å². The van der Waals surface area contributed by atoms with Crippen LogP contribution in [0.5, 0.6) is 0 Å². The van der Waals surface area contributed by atoms with Gasteiger partial charge in [0.15, 0.2) is 5.84 Å². The zero-order chi connectivity index (χ0) is 14.8. The van der Waals surface area contributed by atoms with E-state index in [9.17, 15) is 10.1 Å². The zero-order valence-electron chi connectivity index (χ0n) is 11.6. The number of nitro groups is 1. The largest absolute Gasteiger partial charge is 0.346 e. The lowest BCUT2D eigenvalue weighted by molar-refractivity contribution is -0.464. The second-order valence-electron chi connectivity index (χ2n) is 5.60. The fraction of sp³-hybridized carbons (Fsp3) is 0.571. The van der Waals surface area contributed by atoms with Crippen LogP contribution in [0, 0.1) is 16.0 Å². The minimum absolute atomic E-state index is 0.211. The molecule has 21 heavy (non-hydrogen) atoms. The van der Waals surface area contributed by atoms with Gasteiger partial charge in [-0.05, 0) is 30.9 Å². The molecule has 0 saturated heterocycles. The molecule has 1 aliphatic carbocycles. The first-order valence-corrected chi connectivity index (χ1v) is 7.53. The molecular weight excluding hydrogens is 292 g/mol. The first-order valence-electron chi connectivity index (χ1n) is 7.15. The molecule has 1 aliphatic heterocycles. The molecule has 1 aromatic rings. The number of aromatic nitrogens is 1. The van der Waals surface area contributed by atoms with E-state index < -0.39 is 0 Å². The summed E-state index contributed by atoms with van der Waals surface area (Å²) in [7, 11) is 0. The van der Waals surface area contributed by atoms with Crippen LogP contribution in [0.1, 0.15) is 25.0 Å². The maximum atomic E-state index is 10.9. The van der Waals surface area contributed by atoms with E-state index in [1.54, 1.807) is 12.3 Å². The highest BCUT2D eigenvalue weighted by Crippen LogP contribution is 2.34. The molecule has 2 aliphatic rings. The molecule has 2 heterocycles. The molecule has 112 valence electrons. The fourth-order valence-corrected chi connectivity index (χ4v) is 3.40. The van der Waals surface area contributed by atoms with Gasteiger partial charge in [-0.1, -0.05) is 18.0 Å². The number of fused-ring (bicyclic) bond motifs is 1. The average Bonchev–Trinajstić information content (AvgIpc) is 2.92. The molecule has 0 spiro atoms. The maximum Gasteiger partial charge on any atom is 0.260 e. The molecular formula is C14H17ClN4O2. The number of rotatable bonds is 4. The predicted octanol–water partition coefficient (Wildman–Crippen LogP) is 2.39. The van der Waals surface area contributed by atoms with Gasteiger partial charge in [0.1, 0.15) is 0 Å². The highest BCUT2D eigenvalue weighted by molar-refractivity contribution is 6.30. The van der Waals surface area contributed by atoms with E-state index in [4.69, 9.17) is 11.6 Å². The first-order chi connectivity index (χ1) is 10.1. The third kappa shape index (κ3) is 3.15. The maximum absolute atomic E-state index is 10.9. The monoisotopic (exact) mass is 308 g/mol. The van der Waals surface area contributed by atoms with Gasteiger partial charge in [-0.2, -0.15) is 0 Å². The van der Waals surface area contributed by atoms with Gasteiger partial charge in [0.05, 0.1) is 17.3 Å². The SMILES string of the molecule is O=[N+]([O-])CC1=NCC2CCCC2N1Cc1ccc(Cl)cn1. The molecule has 1 aromatic heterocycles. The molecule has 0 amide bonds. The van der Waals surface area contributed by atoms with Gasteiger partial charge in [0.2, 0.25) is 0 Å². The minimum Gasteiger partial charge on any atom is -0.346 e. The number of hydrogen-bond acceptors (Lipinski definition) is 5. The van der Waals surface area contributed by atoms with E-state index in [2.05, 4.69) is 14.9 Å². The van der Waals surface area contributed by atoms with Crippen LogP contribution in [0.2, 0.25) is 5.02 Å². The van der Waals surface area contributed by atoms with Crippen molar-refractivity contribution < 1.29 is 4.92 Å². The van der Waals surface area contributed by atoms with Crippen LogP contribution in [0.4, 0.5) is 0 Å². The summed E-state index contributed by atoms with van der Waals surface area (Å²) in [6, 6.07) is 4.02. The zero-order valence-corrected chi connectivity index (χ0v) is 12.4. The van der Waals surface area contributed by atoms with Gasteiger partial charge >= 0.3 is 0 Å². The highest BCUT2D eigenvalue weighted by atomic mass is 35.5. The normalized spacial score (nSPS) is 24.6. The Kier molecular flexibility index (Phi) is 4.05. The summed E-state index contributed by atoms with van der Waals surface area (Å²) in [5.74, 6) is 1.10. The number of aliphatic imine (C=N–C) groups is 1. The summed E-state index contributed by atoms with van der Waals surface area (Å²) in [6.45, 7) is 1.07. The Morgan fingerprint density at radius 1 is 1.43 bits per heavy atom. The smallest absolute Gasteiger partial charge is 0.260 e. The van der Waals surface area contributed by atoms with Gasteiger partial charge in [-0.3, -0.25) is 20.1 Å². The molecule has 1 saturated carbocycles. The Balaban J connectivity index is 1.82. The van der Waals surface area contributed by atoms with Crippen LogP contribution in [0.25, 0.3) is 0 Å². The van der Waals surface area contributed by atoms with Crippen LogP contribution in [0.15, 0.2) is 23.3 Å². The summed E-state index contributed by atoms with van der Waals surface area (Å²) < 4.78 is 0. The van der Waals surface area contributed by atoms with Gasteiger partial charge in [-0.15, -0.1) is 0 Å². The Bertz CT molecular complexity index is 561. The van der Waals surface area contributed by atoms with Crippen molar-refractivity contribution >= 4 is 17.4 Å². The quantitative estimate of drug-likeness (QED) is 0.632. The van der Waals surface area contributed by atoms with Crippen LogP contribution >= 0.6 is 11.6 Å². The second-order valence-corrected chi connectivity index (χ2v) is 6.04. The summed E-state index contributed by atoms with van der Waals surface area (Å²) in [5.41, 5.74) is 0.864. The third-order valence-electron chi connectivity index (χ3n) is 4.25. The Hall–Kier alpha value is -1.69. The van der Waals surface area contributed by atoms with E-state index >= 15 is 0 Å². The average molecular weight is 309 g/mol. The van der Waals surface area contributed by atoms with Crippen LogP contribution < -0.4 is 0 Å². The van der Waals surface area contributed by atoms with Crippen molar-refractivity contribution in [3.8, 4) is 0 Å². The molecule has 2 unspecified atom stereocenters. The number of hydrogen-bond donors (Lipinski definition) is 0. The lowest BCUT2D eigenvalue weighted by Crippen LogP contribution is -2.48. The van der Waals surface area contributed by atoms with Crippen molar-refractivity contribution in [3.05, 3.63) is 39.2 Å². The molecule has 0 radical (unpaired) electrons. The topological polar surface area (TPSA) is 71.6 Å². The highest BCUT2D eigenvalue weighted by Gasteiger charge is 2.38. The summed E-state index contributed by atoms with van der Waals surface area (Å²) in [6.07, 6.45) is 5.01. The molecule has 6 nitrogen and oxygen atoms in total. The molecule has 3 rings (SSSR count). The molecule has 7 heteroatoms. The molecule has 1 fully saturated rings. The Labute approximate surface area is 128 Å². The number of nitrogens with zero attached hydrogens (tertiary/aromatic N) is 4. The van der Waals surface area contributed by atoms with E-state index in [1.165, 1.54) is 6.42 Å². The second kappa shape index (κ2) is 5.97. The number of amidine groups is 1. The lowest BCUT2D eigenvalue weighted by atomic mass is 9.99.